The van der Waals surface area contributed by atoms with Crippen LogP contribution in [0.15, 0.2) is 71.9 Å². The van der Waals surface area contributed by atoms with Gasteiger partial charge in [-0.15, -0.1) is 0 Å². The van der Waals surface area contributed by atoms with Crippen LogP contribution in [-0.2, 0) is 0 Å². The lowest BCUT2D eigenvalue weighted by molar-refractivity contribution is 0.101. The van der Waals surface area contributed by atoms with E-state index in [1.807, 2.05) is 37.3 Å². The SMILES string of the molecule is CCC([C@H](O)c1ccc(Cl)cc1)n1ncn(-c2ccc(N3CCN(c4ccc(OC)c(OC)c4)CC3)nc2)c1=O. The fourth-order valence-corrected chi connectivity index (χ4v) is 5.18. The van der Waals surface area contributed by atoms with Gasteiger partial charge in [-0.3, -0.25) is 0 Å². The van der Waals surface area contributed by atoms with Crippen LogP contribution < -0.4 is 25.0 Å². The van der Waals surface area contributed by atoms with Crippen LogP contribution in [0.5, 0.6) is 11.5 Å². The molecule has 2 aromatic carbocycles. The van der Waals surface area contributed by atoms with Gasteiger partial charge < -0.3 is 24.4 Å². The van der Waals surface area contributed by atoms with Gasteiger partial charge >= 0.3 is 5.69 Å². The van der Waals surface area contributed by atoms with Crippen molar-refractivity contribution < 1.29 is 14.6 Å². The normalized spacial score (nSPS) is 15.1. The van der Waals surface area contributed by atoms with Gasteiger partial charge in [0.25, 0.3) is 0 Å². The quantitative estimate of drug-likeness (QED) is 0.324. The second-order valence-corrected chi connectivity index (χ2v) is 10.0. The second-order valence-electron chi connectivity index (χ2n) is 9.59. The summed E-state index contributed by atoms with van der Waals surface area (Å²) in [4.78, 5) is 22.5. The standard InChI is InChI=1S/C29H33ClN6O4/c1-4-24(28(37)20-5-7-21(30)8-6-20)36-29(38)35(19-32-36)23-10-12-27(31-18-23)34-15-13-33(14-16-34)22-9-11-25(39-2)26(17-22)40-3/h5-12,17-19,24,28,37H,4,13-16H2,1-3H3/t24?,28-/m1/s1. The second kappa shape index (κ2) is 12.0. The van der Waals surface area contributed by atoms with E-state index < -0.39 is 12.1 Å². The Balaban J connectivity index is 1.26. The Labute approximate surface area is 238 Å². The summed E-state index contributed by atoms with van der Waals surface area (Å²) in [5.41, 5.74) is 2.04. The van der Waals surface area contributed by atoms with E-state index in [9.17, 15) is 9.90 Å². The number of halogens is 1. The number of anilines is 2. The maximum atomic E-state index is 13.3. The predicted octanol–water partition coefficient (Wildman–Crippen LogP) is 4.11. The highest BCUT2D eigenvalue weighted by Crippen LogP contribution is 2.32. The number of hydrogen-bond acceptors (Lipinski definition) is 8. The minimum absolute atomic E-state index is 0.335. The molecule has 210 valence electrons. The van der Waals surface area contributed by atoms with Gasteiger partial charge in [0.05, 0.1) is 32.1 Å². The largest absolute Gasteiger partial charge is 0.493 e. The fraction of sp³-hybridized carbons (Fsp3) is 0.345. The highest BCUT2D eigenvalue weighted by molar-refractivity contribution is 6.30. The molecular formula is C29H33ClN6O4. The van der Waals surface area contributed by atoms with Crippen LogP contribution in [0.2, 0.25) is 5.02 Å². The van der Waals surface area contributed by atoms with Crippen LogP contribution in [0.3, 0.4) is 0 Å². The van der Waals surface area contributed by atoms with Gasteiger partial charge in [0, 0.05) is 43.0 Å². The molecule has 40 heavy (non-hydrogen) atoms. The highest BCUT2D eigenvalue weighted by Gasteiger charge is 2.25. The van der Waals surface area contributed by atoms with Crippen LogP contribution >= 0.6 is 11.6 Å². The lowest BCUT2D eigenvalue weighted by Crippen LogP contribution is -2.46. The Morgan fingerprint density at radius 1 is 0.925 bits per heavy atom. The summed E-state index contributed by atoms with van der Waals surface area (Å²) in [5.74, 6) is 2.27. The Kier molecular flexibility index (Phi) is 8.27. The number of aliphatic hydroxyl groups is 1. The number of aliphatic hydroxyl groups excluding tert-OH is 1. The van der Waals surface area contributed by atoms with Gasteiger partial charge in [0.15, 0.2) is 11.5 Å². The van der Waals surface area contributed by atoms with Crippen molar-refractivity contribution in [3.05, 3.63) is 88.2 Å². The van der Waals surface area contributed by atoms with Crippen molar-refractivity contribution in [2.24, 2.45) is 0 Å². The summed E-state index contributed by atoms with van der Waals surface area (Å²) in [5, 5.41) is 15.9. The minimum Gasteiger partial charge on any atom is -0.493 e. The zero-order valence-corrected chi connectivity index (χ0v) is 23.5. The summed E-state index contributed by atoms with van der Waals surface area (Å²) in [6, 6.07) is 16.2. The van der Waals surface area contributed by atoms with E-state index in [4.69, 9.17) is 21.1 Å². The fourth-order valence-electron chi connectivity index (χ4n) is 5.06. The molecule has 0 bridgehead atoms. The number of pyridine rings is 1. The summed E-state index contributed by atoms with van der Waals surface area (Å²) >= 11 is 5.98. The first-order valence-electron chi connectivity index (χ1n) is 13.2. The molecule has 1 aliphatic rings. The number of aromatic nitrogens is 4. The maximum Gasteiger partial charge on any atom is 0.350 e. The van der Waals surface area contributed by atoms with Gasteiger partial charge in [-0.05, 0) is 48.4 Å². The van der Waals surface area contributed by atoms with Crippen molar-refractivity contribution in [1.82, 2.24) is 19.3 Å². The first kappa shape index (κ1) is 27.5. The van der Waals surface area contributed by atoms with Gasteiger partial charge in [0.1, 0.15) is 18.2 Å². The summed E-state index contributed by atoms with van der Waals surface area (Å²) in [6.45, 7) is 5.19. The molecule has 10 nitrogen and oxygen atoms in total. The third kappa shape index (κ3) is 5.50. The molecule has 2 aromatic heterocycles. The van der Waals surface area contributed by atoms with Crippen molar-refractivity contribution >= 4 is 23.1 Å². The van der Waals surface area contributed by atoms with E-state index in [0.29, 0.717) is 34.2 Å². The molecule has 1 saturated heterocycles. The van der Waals surface area contributed by atoms with E-state index in [1.54, 1.807) is 44.7 Å². The molecule has 1 aliphatic heterocycles. The molecule has 0 spiro atoms. The van der Waals surface area contributed by atoms with Crippen LogP contribution in [0, 0.1) is 0 Å². The molecule has 0 aliphatic carbocycles. The van der Waals surface area contributed by atoms with E-state index in [2.05, 4.69) is 19.9 Å². The molecule has 0 saturated carbocycles. The monoisotopic (exact) mass is 564 g/mol. The third-order valence-corrected chi connectivity index (χ3v) is 7.60. The highest BCUT2D eigenvalue weighted by atomic mass is 35.5. The van der Waals surface area contributed by atoms with Gasteiger partial charge in [-0.2, -0.15) is 5.10 Å². The van der Waals surface area contributed by atoms with Crippen molar-refractivity contribution in [3.8, 4) is 17.2 Å². The average Bonchev–Trinajstić information content (AvgIpc) is 3.38. The van der Waals surface area contributed by atoms with Crippen LogP contribution in [0.25, 0.3) is 5.69 Å². The Hall–Kier alpha value is -4.02. The van der Waals surface area contributed by atoms with Crippen LogP contribution in [0.4, 0.5) is 11.5 Å². The predicted molar refractivity (Wildman–Crippen MR) is 155 cm³/mol. The lowest BCUT2D eigenvalue weighted by atomic mass is 10.0. The molecule has 3 heterocycles. The molecule has 1 fully saturated rings. The van der Waals surface area contributed by atoms with Crippen molar-refractivity contribution in [1.29, 1.82) is 0 Å². The van der Waals surface area contributed by atoms with E-state index in [-0.39, 0.29) is 5.69 Å². The Bertz CT molecular complexity index is 1480. The van der Waals surface area contributed by atoms with Crippen molar-refractivity contribution in [2.75, 3.05) is 50.2 Å². The number of hydrogen-bond donors (Lipinski definition) is 1. The number of ether oxygens (including phenoxy) is 2. The molecule has 0 radical (unpaired) electrons. The summed E-state index contributed by atoms with van der Waals surface area (Å²) in [7, 11) is 3.27. The zero-order valence-electron chi connectivity index (χ0n) is 22.8. The van der Waals surface area contributed by atoms with Gasteiger partial charge in [0.2, 0.25) is 0 Å². The van der Waals surface area contributed by atoms with E-state index in [0.717, 1.165) is 37.7 Å². The molecule has 5 rings (SSSR count). The topological polar surface area (TPSA) is 97.9 Å². The molecule has 0 amide bonds. The maximum absolute atomic E-state index is 13.3. The zero-order chi connectivity index (χ0) is 28.2. The number of methoxy groups -OCH3 is 2. The molecular weight excluding hydrogens is 532 g/mol. The van der Waals surface area contributed by atoms with Gasteiger partial charge in [-0.1, -0.05) is 30.7 Å². The first-order chi connectivity index (χ1) is 19.4. The summed E-state index contributed by atoms with van der Waals surface area (Å²) < 4.78 is 13.6. The average molecular weight is 565 g/mol. The van der Waals surface area contributed by atoms with E-state index in [1.165, 1.54) is 15.6 Å². The van der Waals surface area contributed by atoms with Gasteiger partial charge in [-0.25, -0.2) is 19.0 Å². The number of nitrogens with zero attached hydrogens (tertiary/aromatic N) is 6. The van der Waals surface area contributed by atoms with Crippen LogP contribution in [-0.4, -0.2) is 64.8 Å². The minimum atomic E-state index is -0.901. The third-order valence-electron chi connectivity index (χ3n) is 7.35. The Morgan fingerprint density at radius 3 is 2.23 bits per heavy atom. The first-order valence-corrected chi connectivity index (χ1v) is 13.6. The summed E-state index contributed by atoms with van der Waals surface area (Å²) in [6.07, 6.45) is 2.77. The molecule has 4 aromatic rings. The van der Waals surface area contributed by atoms with Crippen molar-refractivity contribution in [3.63, 3.8) is 0 Å². The van der Waals surface area contributed by atoms with Crippen LogP contribution in [0.1, 0.15) is 31.1 Å². The molecule has 2 atom stereocenters. The molecule has 1 N–H and O–H groups in total. The Morgan fingerprint density at radius 2 is 1.60 bits per heavy atom. The molecule has 1 unspecified atom stereocenters. The number of benzene rings is 2. The van der Waals surface area contributed by atoms with Crippen molar-refractivity contribution in [2.45, 2.75) is 25.5 Å². The number of piperazine rings is 1. The smallest absolute Gasteiger partial charge is 0.350 e. The molecule has 11 heteroatoms. The van der Waals surface area contributed by atoms with E-state index >= 15 is 0 Å². The number of rotatable bonds is 9. The lowest BCUT2D eigenvalue weighted by Gasteiger charge is -2.37.